The van der Waals surface area contributed by atoms with Gasteiger partial charge in [-0.15, -0.1) is 0 Å². The van der Waals surface area contributed by atoms with Crippen LogP contribution >= 0.6 is 0 Å². The zero-order valence-electron chi connectivity index (χ0n) is 44.8. The Bertz CT molecular complexity index is 3190. The van der Waals surface area contributed by atoms with Gasteiger partial charge in [-0.2, -0.15) is 0 Å². The molecular weight excluding hydrogens is 1270 g/mol. The third-order valence-corrected chi connectivity index (χ3v) is 61.4. The summed E-state index contributed by atoms with van der Waals surface area (Å²) in [6.45, 7) is 0. The molecule has 0 fully saturated rings. The molecule has 0 saturated carbocycles. The fourth-order valence-corrected chi connectivity index (χ4v) is 66.1. The first-order valence-electron chi connectivity index (χ1n) is 27.4. The molecule has 0 saturated heterocycles. The first-order valence-corrected chi connectivity index (χ1v) is 45.3. The minimum atomic E-state index is -3.96. The van der Waals surface area contributed by atoms with Crippen LogP contribution in [0.25, 0.3) is 0 Å². The average Bonchev–Trinajstić information content (AvgIpc) is 3.67. The first-order chi connectivity index (χ1) is 40.1. The van der Waals surface area contributed by atoms with E-state index in [0.29, 0.717) is 0 Å². The fraction of sp³-hybridized carbons (Fsp3) is 0. The van der Waals surface area contributed by atoms with Crippen LogP contribution in [-0.2, 0) is 29.4 Å². The van der Waals surface area contributed by atoms with E-state index in [1.165, 1.54) is 26.4 Å². The van der Waals surface area contributed by atoms with Crippen molar-refractivity contribution in [3.63, 3.8) is 0 Å². The van der Waals surface area contributed by atoms with Crippen molar-refractivity contribution in [3.8, 4) is 0 Å². The Labute approximate surface area is 495 Å². The number of rotatable bonds is 18. The van der Waals surface area contributed by atoms with Gasteiger partial charge in [0, 0.05) is 0 Å². The van der Waals surface area contributed by atoms with Crippen LogP contribution in [0.3, 0.4) is 0 Å². The molecule has 0 aromatic heterocycles. The van der Waals surface area contributed by atoms with Crippen LogP contribution in [0.1, 0.15) is 0 Å². The van der Waals surface area contributed by atoms with Crippen molar-refractivity contribution in [3.05, 3.63) is 364 Å². The summed E-state index contributed by atoms with van der Waals surface area (Å²) in [6.07, 6.45) is 0. The van der Waals surface area contributed by atoms with Gasteiger partial charge in [0.25, 0.3) is 0 Å². The molecular formula is C72H60Ge4O4Ti. The summed E-state index contributed by atoms with van der Waals surface area (Å²) >= 11 is -19.4. The molecule has 0 radical (unpaired) electrons. The van der Waals surface area contributed by atoms with E-state index >= 15 is 0 Å². The molecule has 0 aliphatic carbocycles. The molecule has 0 aliphatic heterocycles. The maximum absolute atomic E-state index is 14.8. The number of hydrogen-bond donors (Lipinski definition) is 0. The molecule has 0 unspecified atom stereocenters. The Balaban J connectivity index is 0.000000171. The zero-order chi connectivity index (χ0) is 55.1. The molecule has 12 rings (SSSR count). The Morgan fingerprint density at radius 2 is 0.284 bits per heavy atom. The van der Waals surface area contributed by atoms with Crippen LogP contribution < -0.4 is 52.8 Å². The molecule has 9 heteroatoms. The normalized spacial score (nSPS) is 11.7. The van der Waals surface area contributed by atoms with Gasteiger partial charge in [0.2, 0.25) is 0 Å². The van der Waals surface area contributed by atoms with Crippen LogP contribution in [0, 0.1) is 0 Å². The molecule has 0 atom stereocenters. The Kier molecular flexibility index (Phi) is 18.6. The van der Waals surface area contributed by atoms with E-state index in [4.69, 9.17) is 7.48 Å². The second-order valence-corrected chi connectivity index (χ2v) is 53.2. The summed E-state index contributed by atoms with van der Waals surface area (Å²) in [7, 11) is 0. The van der Waals surface area contributed by atoms with E-state index in [1.54, 1.807) is 0 Å². The first kappa shape index (κ1) is 56.1. The summed E-state index contributed by atoms with van der Waals surface area (Å²) in [5, 5.41) is 0. The van der Waals surface area contributed by atoms with E-state index in [1.807, 2.05) is 109 Å². The molecule has 4 nitrogen and oxygen atoms in total. The predicted molar refractivity (Wildman–Crippen MR) is 340 cm³/mol. The van der Waals surface area contributed by atoms with E-state index < -0.39 is 73.0 Å². The topological polar surface area (TPSA) is 44.8 Å². The molecule has 0 spiro atoms. The van der Waals surface area contributed by atoms with Gasteiger partial charge < -0.3 is 0 Å². The zero-order valence-corrected chi connectivity index (χ0v) is 54.7. The quantitative estimate of drug-likeness (QED) is 0.0810. The summed E-state index contributed by atoms with van der Waals surface area (Å²) in [6, 6.07) is 128. The van der Waals surface area contributed by atoms with Crippen molar-refractivity contribution in [1.82, 2.24) is 0 Å². The van der Waals surface area contributed by atoms with Crippen LogP contribution in [0.2, 0.25) is 0 Å². The van der Waals surface area contributed by atoms with E-state index in [-0.39, 0.29) is 0 Å². The molecule has 392 valence electrons. The molecule has 0 heterocycles. The van der Waals surface area contributed by atoms with Crippen LogP contribution in [0.4, 0.5) is 0 Å². The van der Waals surface area contributed by atoms with Gasteiger partial charge >= 0.3 is 501 Å². The molecule has 12 aromatic rings. The van der Waals surface area contributed by atoms with Crippen molar-refractivity contribution in [2.24, 2.45) is 0 Å². The molecule has 12 aromatic carbocycles. The summed E-state index contributed by atoms with van der Waals surface area (Å²) in [5.74, 6) is 0. The van der Waals surface area contributed by atoms with Crippen molar-refractivity contribution in [1.29, 1.82) is 0 Å². The van der Waals surface area contributed by atoms with Crippen molar-refractivity contribution < 1.29 is 29.4 Å². The fourth-order valence-electron chi connectivity index (χ4n) is 11.3. The Morgan fingerprint density at radius 3 is 0.407 bits per heavy atom. The van der Waals surface area contributed by atoms with E-state index in [0.717, 1.165) is 26.4 Å². The van der Waals surface area contributed by atoms with Crippen LogP contribution in [0.5, 0.6) is 0 Å². The summed E-state index contributed by atoms with van der Waals surface area (Å²) < 4.78 is 51.7. The number of benzene rings is 12. The van der Waals surface area contributed by atoms with Gasteiger partial charge in [0.05, 0.1) is 0 Å². The second-order valence-electron chi connectivity index (χ2n) is 19.7. The van der Waals surface area contributed by atoms with Crippen molar-refractivity contribution in [2.75, 3.05) is 0 Å². The molecule has 0 bridgehead atoms. The Morgan fingerprint density at radius 1 is 0.173 bits per heavy atom. The molecule has 0 aliphatic rings. The van der Waals surface area contributed by atoms with Gasteiger partial charge in [0.15, 0.2) is 0 Å². The second kappa shape index (κ2) is 26.9. The van der Waals surface area contributed by atoms with E-state index in [2.05, 4.69) is 255 Å². The molecule has 81 heavy (non-hydrogen) atoms. The van der Waals surface area contributed by atoms with Crippen molar-refractivity contribution >= 4 is 107 Å². The Hall–Kier alpha value is -6.79. The number of hydrogen-bond acceptors (Lipinski definition) is 4. The third kappa shape index (κ3) is 11.8. The SMILES string of the molecule is [O]=[Ti]([O][Ge]([c]1ccccc1)([c]1ccccc1)[c]1ccccc1)[O][Ge]([c]1ccccc1)([c]1ccccc1)[c]1ccccc1.c1cc[c]([Ge]([O][Ge]([c]2ccccc2)([c]2ccccc2)[c]2ccccc2)([c]2ccccc2)[c]2ccccc2)cc1. The predicted octanol–water partition coefficient (Wildman–Crippen LogP) is 8.48. The van der Waals surface area contributed by atoms with Crippen molar-refractivity contribution in [2.45, 2.75) is 0 Å². The van der Waals surface area contributed by atoms with Gasteiger partial charge in [-0.3, -0.25) is 0 Å². The van der Waals surface area contributed by atoms with E-state index in [9.17, 15) is 3.32 Å². The van der Waals surface area contributed by atoms with Gasteiger partial charge in [0.1, 0.15) is 0 Å². The van der Waals surface area contributed by atoms with Gasteiger partial charge in [-0.1, -0.05) is 0 Å². The van der Waals surface area contributed by atoms with Gasteiger partial charge in [-0.25, -0.2) is 0 Å². The van der Waals surface area contributed by atoms with Crippen LogP contribution in [-0.4, -0.2) is 54.4 Å². The summed E-state index contributed by atoms with van der Waals surface area (Å²) in [4.78, 5) is 0. The van der Waals surface area contributed by atoms with Crippen LogP contribution in [0.15, 0.2) is 364 Å². The average molecular weight is 1330 g/mol. The van der Waals surface area contributed by atoms with Gasteiger partial charge in [-0.05, 0) is 0 Å². The maximum atomic E-state index is 14.8. The third-order valence-electron chi connectivity index (χ3n) is 14.9. The minimum absolute atomic E-state index is 1.08. The molecule has 0 N–H and O–H groups in total. The standard InChI is InChI=1S/C36H30Ge2O.2C18H15GeO.O.Ti/c1-7-19-31(20-8-1)37(32-21-9-2-10-22-32,33-23-11-3-12-24-33)39-38(34-25-13-4-14-26-34,35-27-15-5-16-28-35)36-29-17-6-18-30-36;2*20-19(16-10-4-1-5-11-16,17-12-6-2-7-13-17)18-14-8-3-9-15-18;;/h1-30H;2*1-15H;;/q;2*-1;;+2. The monoisotopic (exact) mass is 1330 g/mol. The summed E-state index contributed by atoms with van der Waals surface area (Å²) in [5.41, 5.74) is 0. The molecule has 0 amide bonds.